The molecular weight excluding hydrogens is 596 g/mol. The number of benzene rings is 4. The van der Waals surface area contributed by atoms with Gasteiger partial charge < -0.3 is 19.8 Å². The maximum Gasteiger partial charge on any atom is 0.254 e. The summed E-state index contributed by atoms with van der Waals surface area (Å²) in [4.78, 5) is 47.1. The van der Waals surface area contributed by atoms with E-state index in [1.54, 1.807) is 0 Å². The van der Waals surface area contributed by atoms with Crippen molar-refractivity contribution in [3.05, 3.63) is 143 Å². The van der Waals surface area contributed by atoms with Crippen molar-refractivity contribution in [2.45, 2.75) is 50.6 Å². The highest BCUT2D eigenvalue weighted by Crippen LogP contribution is 2.34. The van der Waals surface area contributed by atoms with E-state index in [0.717, 1.165) is 96.5 Å². The molecule has 240 valence electrons. The largest absolute Gasteiger partial charge is 0.340 e. The molecule has 6 aromatic rings. The highest BCUT2D eigenvalue weighted by atomic mass is 16.2. The third-order valence-electron chi connectivity index (χ3n) is 9.70. The van der Waals surface area contributed by atoms with Crippen LogP contribution in [-0.2, 0) is 12.8 Å². The zero-order valence-electron chi connectivity index (χ0n) is 26.8. The van der Waals surface area contributed by atoms with E-state index < -0.39 is 0 Å². The van der Waals surface area contributed by atoms with Gasteiger partial charge in [-0.2, -0.15) is 0 Å². The molecule has 2 N–H and O–H groups in total. The minimum atomic E-state index is -0.0365. The standard InChI is InChI=1S/C40H38N6O2/c47-39(29-13-3-1-4-14-29)45-23-9-17-35(45)37-41-31-21-19-27(25-33(31)43-37)11-7-8-12-28-20-22-32-34(26-28)44-38(42-32)36-18-10-24-46(36)40(48)30-15-5-2-6-16-30/h1-8,13-16,19-22,25-26,35-36H,9-12,17-18,23-24H2,(H,41,43)(H,42,44)/b8-7+/t35-,36-/m1/s1. The number of hydrogen-bond donors (Lipinski definition) is 2. The van der Waals surface area contributed by atoms with Crippen LogP contribution in [0.25, 0.3) is 22.1 Å². The Morgan fingerprint density at radius 3 is 1.50 bits per heavy atom. The van der Waals surface area contributed by atoms with Crippen molar-refractivity contribution < 1.29 is 9.59 Å². The van der Waals surface area contributed by atoms with Gasteiger partial charge in [-0.1, -0.05) is 60.7 Å². The number of carbonyl (C=O) groups is 2. The van der Waals surface area contributed by atoms with Crippen molar-refractivity contribution in [1.29, 1.82) is 0 Å². The lowest BCUT2D eigenvalue weighted by molar-refractivity contribution is 0.0723. The van der Waals surface area contributed by atoms with E-state index in [0.29, 0.717) is 0 Å². The molecule has 0 radical (unpaired) electrons. The molecule has 48 heavy (non-hydrogen) atoms. The van der Waals surface area contributed by atoms with Crippen molar-refractivity contribution in [1.82, 2.24) is 29.7 Å². The molecule has 2 saturated heterocycles. The first-order chi connectivity index (χ1) is 23.6. The molecule has 0 unspecified atom stereocenters. The SMILES string of the molecule is O=C(c1ccccc1)N1CCC[C@@H]1c1nc2ccc(C/C=C/Cc3ccc4nc([C@H]5CCCN5C(=O)c5ccccc5)[nH]c4c3)cc2[nH]1. The number of amides is 2. The van der Waals surface area contributed by atoms with Crippen LogP contribution in [-0.4, -0.2) is 54.6 Å². The van der Waals surface area contributed by atoms with Gasteiger partial charge in [0.15, 0.2) is 0 Å². The van der Waals surface area contributed by atoms with Crippen molar-refractivity contribution in [2.75, 3.05) is 13.1 Å². The summed E-state index contributed by atoms with van der Waals surface area (Å²) < 4.78 is 0. The van der Waals surface area contributed by atoms with Crippen LogP contribution in [0.2, 0.25) is 0 Å². The van der Waals surface area contributed by atoms with Crippen LogP contribution >= 0.6 is 0 Å². The second-order valence-corrected chi connectivity index (χ2v) is 12.9. The van der Waals surface area contributed by atoms with E-state index in [1.807, 2.05) is 70.5 Å². The number of nitrogens with zero attached hydrogens (tertiary/aromatic N) is 4. The van der Waals surface area contributed by atoms with Gasteiger partial charge in [0.25, 0.3) is 11.8 Å². The van der Waals surface area contributed by atoms with E-state index in [-0.39, 0.29) is 23.9 Å². The number of hydrogen-bond acceptors (Lipinski definition) is 4. The fraction of sp³-hybridized carbons (Fsp3) is 0.250. The summed E-state index contributed by atoms with van der Waals surface area (Å²) in [6.45, 7) is 1.49. The molecule has 2 aliphatic heterocycles. The summed E-state index contributed by atoms with van der Waals surface area (Å²) in [6.07, 6.45) is 9.82. The minimum Gasteiger partial charge on any atom is -0.340 e. The van der Waals surface area contributed by atoms with Crippen molar-refractivity contribution in [2.24, 2.45) is 0 Å². The number of likely N-dealkylation sites (tertiary alicyclic amines) is 2. The lowest BCUT2D eigenvalue weighted by Gasteiger charge is -2.23. The van der Waals surface area contributed by atoms with Gasteiger partial charge in [0.2, 0.25) is 0 Å². The summed E-state index contributed by atoms with van der Waals surface area (Å²) in [7, 11) is 0. The Labute approximate surface area is 279 Å². The van der Waals surface area contributed by atoms with E-state index in [4.69, 9.17) is 9.97 Å². The Bertz CT molecular complexity index is 1960. The highest BCUT2D eigenvalue weighted by molar-refractivity contribution is 5.95. The molecule has 8 nitrogen and oxygen atoms in total. The number of nitrogens with one attached hydrogen (secondary N) is 2. The molecular formula is C40H38N6O2. The Balaban J connectivity index is 0.911. The first-order valence-electron chi connectivity index (χ1n) is 16.9. The summed E-state index contributed by atoms with van der Waals surface area (Å²) in [6, 6.07) is 31.7. The number of carbonyl (C=O) groups excluding carboxylic acids is 2. The summed E-state index contributed by atoms with van der Waals surface area (Å²) in [5.74, 6) is 1.85. The van der Waals surface area contributed by atoms with Crippen LogP contribution in [0.15, 0.2) is 109 Å². The van der Waals surface area contributed by atoms with E-state index in [2.05, 4.69) is 58.5 Å². The van der Waals surface area contributed by atoms with Crippen LogP contribution in [0.4, 0.5) is 0 Å². The molecule has 0 bridgehead atoms. The third kappa shape index (κ3) is 5.90. The molecule has 2 aliphatic rings. The summed E-state index contributed by atoms with van der Waals surface area (Å²) >= 11 is 0. The first kappa shape index (κ1) is 29.9. The van der Waals surface area contributed by atoms with Gasteiger partial charge in [-0.05, 0) is 98.2 Å². The average molecular weight is 635 g/mol. The number of fused-ring (bicyclic) bond motifs is 2. The topological polar surface area (TPSA) is 98.0 Å². The molecule has 0 spiro atoms. The molecule has 2 aromatic heterocycles. The van der Waals surface area contributed by atoms with Gasteiger partial charge in [-0.15, -0.1) is 0 Å². The van der Waals surface area contributed by atoms with Crippen molar-refractivity contribution in [3.63, 3.8) is 0 Å². The van der Waals surface area contributed by atoms with Gasteiger partial charge in [0, 0.05) is 24.2 Å². The molecule has 2 fully saturated rings. The third-order valence-corrected chi connectivity index (χ3v) is 9.70. The van der Waals surface area contributed by atoms with Crippen LogP contribution in [0.1, 0.15) is 81.3 Å². The van der Waals surface area contributed by atoms with E-state index in [9.17, 15) is 9.59 Å². The predicted molar refractivity (Wildman–Crippen MR) is 188 cm³/mol. The van der Waals surface area contributed by atoms with Gasteiger partial charge in [-0.25, -0.2) is 9.97 Å². The monoisotopic (exact) mass is 634 g/mol. The number of aromatic nitrogens is 4. The molecule has 0 aliphatic carbocycles. The van der Waals surface area contributed by atoms with Crippen LogP contribution in [0.3, 0.4) is 0 Å². The molecule has 8 heteroatoms. The number of imidazole rings is 2. The van der Waals surface area contributed by atoms with E-state index >= 15 is 0 Å². The number of aromatic amines is 2. The quantitative estimate of drug-likeness (QED) is 0.167. The Kier molecular flexibility index (Phi) is 8.06. The van der Waals surface area contributed by atoms with Crippen molar-refractivity contribution >= 4 is 33.9 Å². The van der Waals surface area contributed by atoms with Crippen LogP contribution in [0.5, 0.6) is 0 Å². The van der Waals surface area contributed by atoms with Crippen LogP contribution in [0, 0.1) is 0 Å². The van der Waals surface area contributed by atoms with Gasteiger partial charge in [0.1, 0.15) is 11.6 Å². The van der Waals surface area contributed by atoms with Gasteiger partial charge >= 0.3 is 0 Å². The Morgan fingerprint density at radius 1 is 0.625 bits per heavy atom. The lowest BCUT2D eigenvalue weighted by atomic mass is 10.1. The molecule has 2 atom stereocenters. The lowest BCUT2D eigenvalue weighted by Crippen LogP contribution is -2.31. The first-order valence-corrected chi connectivity index (χ1v) is 16.9. The number of H-pyrrole nitrogens is 2. The predicted octanol–water partition coefficient (Wildman–Crippen LogP) is 7.74. The Morgan fingerprint density at radius 2 is 1.06 bits per heavy atom. The summed E-state index contributed by atoms with van der Waals surface area (Å²) in [5.41, 5.74) is 7.70. The molecule has 4 aromatic carbocycles. The molecule has 4 heterocycles. The zero-order valence-corrected chi connectivity index (χ0v) is 26.8. The number of allylic oxidation sites excluding steroid dienone is 2. The summed E-state index contributed by atoms with van der Waals surface area (Å²) in [5, 5.41) is 0. The van der Waals surface area contributed by atoms with E-state index in [1.165, 1.54) is 11.1 Å². The van der Waals surface area contributed by atoms with Gasteiger partial charge in [0.05, 0.1) is 34.2 Å². The maximum atomic E-state index is 13.2. The zero-order chi connectivity index (χ0) is 32.5. The normalized spacial score (nSPS) is 18.1. The second kappa shape index (κ2) is 13.0. The smallest absolute Gasteiger partial charge is 0.254 e. The minimum absolute atomic E-state index is 0.0365. The fourth-order valence-electron chi connectivity index (χ4n) is 7.24. The maximum absolute atomic E-state index is 13.2. The molecule has 8 rings (SSSR count). The molecule has 2 amide bonds. The van der Waals surface area contributed by atoms with Gasteiger partial charge in [-0.3, -0.25) is 9.59 Å². The van der Waals surface area contributed by atoms with Crippen LogP contribution < -0.4 is 0 Å². The average Bonchev–Trinajstić information content (AvgIpc) is 3.95. The highest BCUT2D eigenvalue weighted by Gasteiger charge is 2.34. The Hall–Kier alpha value is -5.50. The fourth-order valence-corrected chi connectivity index (χ4v) is 7.24. The van der Waals surface area contributed by atoms with Crippen molar-refractivity contribution in [3.8, 4) is 0 Å². The number of rotatable bonds is 8. The molecule has 0 saturated carbocycles. The second-order valence-electron chi connectivity index (χ2n) is 12.9.